The normalized spacial score (nSPS) is 19.4. The quantitative estimate of drug-likeness (QED) is 0.745. The molecule has 0 saturated carbocycles. The van der Waals surface area contributed by atoms with Crippen molar-refractivity contribution in [3.63, 3.8) is 0 Å². The minimum atomic E-state index is -0.224. The van der Waals surface area contributed by atoms with Crippen molar-refractivity contribution in [1.29, 1.82) is 0 Å². The Hall–Kier alpha value is -2.38. The summed E-state index contributed by atoms with van der Waals surface area (Å²) in [6.45, 7) is 2.58. The van der Waals surface area contributed by atoms with Gasteiger partial charge >= 0.3 is 0 Å². The molecule has 0 spiro atoms. The van der Waals surface area contributed by atoms with Crippen LogP contribution in [0.5, 0.6) is 5.75 Å². The van der Waals surface area contributed by atoms with Crippen LogP contribution < -0.4 is 20.3 Å². The molecule has 1 aromatic heterocycles. The summed E-state index contributed by atoms with van der Waals surface area (Å²) in [7, 11) is 1.63. The monoisotopic (exact) mass is 388 g/mol. The van der Waals surface area contributed by atoms with Gasteiger partial charge in [0.25, 0.3) is 5.91 Å². The van der Waals surface area contributed by atoms with Crippen molar-refractivity contribution < 1.29 is 19.2 Å². The van der Waals surface area contributed by atoms with Crippen LogP contribution in [0.1, 0.15) is 17.7 Å². The Balaban J connectivity index is 1.69. The van der Waals surface area contributed by atoms with Gasteiger partial charge in [-0.1, -0.05) is 6.07 Å². The molecule has 3 rings (SSSR count). The summed E-state index contributed by atoms with van der Waals surface area (Å²) < 4.78 is 5.22. The van der Waals surface area contributed by atoms with Crippen molar-refractivity contribution in [3.8, 4) is 5.75 Å². The first-order valence-electron chi connectivity index (χ1n) is 9.16. The predicted octanol–water partition coefficient (Wildman–Crippen LogP) is 1.07. The SMILES string of the molecule is COc1ccc(N(Cc2cccs2)C(=O)C[NH+]2CCC(C(N)=O)CC2)cc1. The number of carbonyl (C=O) groups excluding carboxylic acids is 2. The molecule has 1 saturated heterocycles. The summed E-state index contributed by atoms with van der Waals surface area (Å²) in [6.07, 6.45) is 1.51. The number of hydrogen-bond acceptors (Lipinski definition) is 4. The van der Waals surface area contributed by atoms with E-state index >= 15 is 0 Å². The van der Waals surface area contributed by atoms with E-state index in [1.54, 1.807) is 18.4 Å². The predicted molar refractivity (Wildman–Crippen MR) is 106 cm³/mol. The molecular formula is C20H26N3O3S+. The van der Waals surface area contributed by atoms with E-state index < -0.39 is 0 Å². The van der Waals surface area contributed by atoms with Gasteiger partial charge in [0.1, 0.15) is 5.75 Å². The van der Waals surface area contributed by atoms with Crippen molar-refractivity contribution >= 4 is 28.8 Å². The number of nitrogens with zero attached hydrogens (tertiary/aromatic N) is 1. The van der Waals surface area contributed by atoms with Crippen LogP contribution in [0.25, 0.3) is 0 Å². The Kier molecular flexibility index (Phi) is 6.47. The average molecular weight is 389 g/mol. The number of nitrogens with one attached hydrogen (secondary N) is 1. The summed E-state index contributed by atoms with van der Waals surface area (Å²) in [4.78, 5) is 28.6. The largest absolute Gasteiger partial charge is 0.497 e. The van der Waals surface area contributed by atoms with Gasteiger partial charge in [0.05, 0.1) is 26.7 Å². The van der Waals surface area contributed by atoms with E-state index in [1.165, 1.54) is 4.90 Å². The lowest BCUT2D eigenvalue weighted by Gasteiger charge is -2.29. The van der Waals surface area contributed by atoms with Crippen LogP contribution in [0.4, 0.5) is 5.69 Å². The highest BCUT2D eigenvalue weighted by molar-refractivity contribution is 7.09. The molecule has 1 aromatic carbocycles. The minimum Gasteiger partial charge on any atom is -0.497 e. The molecule has 27 heavy (non-hydrogen) atoms. The third-order valence-corrected chi connectivity index (χ3v) is 5.94. The molecule has 0 atom stereocenters. The third-order valence-electron chi connectivity index (χ3n) is 5.08. The highest BCUT2D eigenvalue weighted by Crippen LogP contribution is 2.22. The molecule has 1 aliphatic rings. The van der Waals surface area contributed by atoms with Crippen molar-refractivity contribution in [2.45, 2.75) is 19.4 Å². The van der Waals surface area contributed by atoms with Gasteiger partial charge in [-0.05, 0) is 35.7 Å². The number of primary amides is 1. The molecule has 2 heterocycles. The summed E-state index contributed by atoms with van der Waals surface area (Å²) in [5, 5.41) is 2.02. The van der Waals surface area contributed by atoms with Crippen molar-refractivity contribution in [3.05, 3.63) is 46.7 Å². The molecule has 7 heteroatoms. The molecule has 3 N–H and O–H groups in total. The lowest BCUT2D eigenvalue weighted by Crippen LogP contribution is -3.14. The number of rotatable bonds is 7. The number of methoxy groups -OCH3 is 1. The van der Waals surface area contributed by atoms with Gasteiger partial charge in [-0.15, -0.1) is 11.3 Å². The highest BCUT2D eigenvalue weighted by atomic mass is 32.1. The summed E-state index contributed by atoms with van der Waals surface area (Å²) in [5.74, 6) is 0.577. The summed E-state index contributed by atoms with van der Waals surface area (Å²) in [6, 6.07) is 11.6. The van der Waals surface area contributed by atoms with Gasteiger partial charge in [0, 0.05) is 29.3 Å². The van der Waals surface area contributed by atoms with Crippen LogP contribution in [0.3, 0.4) is 0 Å². The molecule has 0 radical (unpaired) electrons. The zero-order valence-corrected chi connectivity index (χ0v) is 16.3. The topological polar surface area (TPSA) is 77.1 Å². The van der Waals surface area contributed by atoms with Gasteiger partial charge in [-0.3, -0.25) is 9.59 Å². The van der Waals surface area contributed by atoms with Crippen LogP contribution in [-0.2, 0) is 16.1 Å². The Labute approximate surface area is 163 Å². The van der Waals surface area contributed by atoms with E-state index in [2.05, 4.69) is 0 Å². The van der Waals surface area contributed by atoms with E-state index in [0.29, 0.717) is 13.1 Å². The first-order chi connectivity index (χ1) is 13.1. The standard InChI is InChI=1S/C20H25N3O3S/c1-26-17-6-4-16(5-7-17)23(13-18-3-2-12-27-18)19(24)14-22-10-8-15(9-11-22)20(21)25/h2-7,12,15H,8-11,13-14H2,1H3,(H2,21,25)/p+1. The second kappa shape index (κ2) is 9.01. The Morgan fingerprint density at radius 1 is 1.22 bits per heavy atom. The maximum absolute atomic E-state index is 13.1. The minimum absolute atomic E-state index is 0.0485. The smallest absolute Gasteiger partial charge is 0.282 e. The number of piperidine rings is 1. The molecular weight excluding hydrogens is 362 g/mol. The number of ether oxygens (including phenoxy) is 1. The van der Waals surface area contributed by atoms with Crippen LogP contribution in [0.15, 0.2) is 41.8 Å². The first kappa shape index (κ1) is 19.4. The van der Waals surface area contributed by atoms with Gasteiger partial charge in [0.2, 0.25) is 5.91 Å². The molecule has 1 aliphatic heterocycles. The second-order valence-corrected chi connectivity index (χ2v) is 7.89. The van der Waals surface area contributed by atoms with Crippen LogP contribution in [0, 0.1) is 5.92 Å². The number of benzene rings is 1. The number of nitrogens with two attached hydrogens (primary N) is 1. The number of amides is 2. The Morgan fingerprint density at radius 2 is 1.93 bits per heavy atom. The van der Waals surface area contributed by atoms with Crippen molar-refractivity contribution in [2.24, 2.45) is 11.7 Å². The Morgan fingerprint density at radius 3 is 2.48 bits per heavy atom. The van der Waals surface area contributed by atoms with Gasteiger partial charge < -0.3 is 20.3 Å². The highest BCUT2D eigenvalue weighted by Gasteiger charge is 2.29. The summed E-state index contributed by atoms with van der Waals surface area (Å²) >= 11 is 1.64. The fourth-order valence-corrected chi connectivity index (χ4v) is 4.13. The molecule has 0 aliphatic carbocycles. The number of hydrogen-bond donors (Lipinski definition) is 2. The molecule has 144 valence electrons. The van der Waals surface area contributed by atoms with Crippen LogP contribution in [-0.4, -0.2) is 38.6 Å². The molecule has 1 fully saturated rings. The lowest BCUT2D eigenvalue weighted by atomic mass is 9.96. The lowest BCUT2D eigenvalue weighted by molar-refractivity contribution is -0.897. The molecule has 0 bridgehead atoms. The van der Waals surface area contributed by atoms with Crippen LogP contribution >= 0.6 is 11.3 Å². The number of quaternary nitrogens is 1. The molecule has 2 aromatic rings. The molecule has 2 amide bonds. The maximum Gasteiger partial charge on any atom is 0.282 e. The van der Waals surface area contributed by atoms with Gasteiger partial charge in [-0.2, -0.15) is 0 Å². The number of anilines is 1. The van der Waals surface area contributed by atoms with E-state index in [0.717, 1.165) is 42.2 Å². The van der Waals surface area contributed by atoms with E-state index in [-0.39, 0.29) is 17.7 Å². The zero-order valence-electron chi connectivity index (χ0n) is 15.5. The zero-order chi connectivity index (χ0) is 19.2. The van der Waals surface area contributed by atoms with Crippen molar-refractivity contribution in [2.75, 3.05) is 31.6 Å². The summed E-state index contributed by atoms with van der Waals surface area (Å²) in [5.41, 5.74) is 6.27. The molecule has 0 unspecified atom stereocenters. The van der Waals surface area contributed by atoms with Gasteiger partial charge in [-0.25, -0.2) is 0 Å². The van der Waals surface area contributed by atoms with E-state index in [4.69, 9.17) is 10.5 Å². The number of thiophene rings is 1. The van der Waals surface area contributed by atoms with E-state index in [1.807, 2.05) is 46.7 Å². The fraction of sp³-hybridized carbons (Fsp3) is 0.400. The van der Waals surface area contributed by atoms with Crippen LogP contribution in [0.2, 0.25) is 0 Å². The number of carbonyl (C=O) groups is 2. The number of likely N-dealkylation sites (tertiary alicyclic amines) is 1. The first-order valence-corrected chi connectivity index (χ1v) is 10.0. The second-order valence-electron chi connectivity index (χ2n) is 6.86. The van der Waals surface area contributed by atoms with Crippen molar-refractivity contribution in [1.82, 2.24) is 0 Å². The average Bonchev–Trinajstić information content (AvgIpc) is 3.20. The third kappa shape index (κ3) is 5.08. The maximum atomic E-state index is 13.1. The molecule has 6 nitrogen and oxygen atoms in total. The van der Waals surface area contributed by atoms with Gasteiger partial charge in [0.15, 0.2) is 6.54 Å². The fourth-order valence-electron chi connectivity index (χ4n) is 3.44. The van der Waals surface area contributed by atoms with E-state index in [9.17, 15) is 9.59 Å². The Bertz CT molecular complexity index is 753.